The van der Waals surface area contributed by atoms with Gasteiger partial charge in [0.2, 0.25) is 0 Å². The first-order valence-electron chi connectivity index (χ1n) is 6.41. The molecule has 1 atom stereocenters. The molecule has 1 rings (SSSR count). The molecule has 1 N–H and O–H groups in total. The van der Waals surface area contributed by atoms with Crippen molar-refractivity contribution in [2.45, 2.75) is 40.5 Å². The molecule has 1 heterocycles. The summed E-state index contributed by atoms with van der Waals surface area (Å²) in [6.07, 6.45) is 2.03. The highest BCUT2D eigenvalue weighted by molar-refractivity contribution is 4.91. The molecule has 1 aromatic rings. The van der Waals surface area contributed by atoms with Gasteiger partial charge in [0.15, 0.2) is 5.82 Å². The molecule has 0 fully saturated rings. The highest BCUT2D eigenvalue weighted by Gasteiger charge is 2.30. The summed E-state index contributed by atoms with van der Waals surface area (Å²) in [4.78, 5) is 1.52. The molecular weight excluding hydrogens is 214 g/mol. The zero-order valence-electron chi connectivity index (χ0n) is 11.7. The van der Waals surface area contributed by atoms with E-state index in [1.807, 2.05) is 0 Å². The highest BCUT2D eigenvalue weighted by Crippen LogP contribution is 2.29. The number of rotatable bonds is 7. The smallest absolute Gasteiger partial charge is 0.175 e. The third kappa shape index (κ3) is 4.07. The molecular formula is C12H25N5. The highest BCUT2D eigenvalue weighted by atomic mass is 15.6. The molecule has 17 heavy (non-hydrogen) atoms. The first-order chi connectivity index (χ1) is 7.98. The van der Waals surface area contributed by atoms with Crippen molar-refractivity contribution in [1.82, 2.24) is 25.5 Å². The van der Waals surface area contributed by atoms with Gasteiger partial charge >= 0.3 is 0 Å². The molecule has 0 bridgehead atoms. The number of aromatic nitrogens is 4. The van der Waals surface area contributed by atoms with Crippen LogP contribution in [-0.4, -0.2) is 33.3 Å². The van der Waals surface area contributed by atoms with Crippen LogP contribution >= 0.6 is 0 Å². The molecule has 0 spiro atoms. The van der Waals surface area contributed by atoms with Gasteiger partial charge in [-0.15, -0.1) is 10.2 Å². The Morgan fingerprint density at radius 2 is 2.12 bits per heavy atom. The van der Waals surface area contributed by atoms with Gasteiger partial charge in [-0.1, -0.05) is 27.7 Å². The second kappa shape index (κ2) is 6.10. The van der Waals surface area contributed by atoms with Crippen molar-refractivity contribution in [3.8, 4) is 0 Å². The predicted molar refractivity (Wildman–Crippen MR) is 68.6 cm³/mol. The molecule has 0 radical (unpaired) electrons. The molecule has 0 saturated carbocycles. The molecule has 5 heteroatoms. The fraction of sp³-hybridized carbons (Fsp3) is 0.917. The minimum absolute atomic E-state index is 0.179. The van der Waals surface area contributed by atoms with Gasteiger partial charge in [0.25, 0.3) is 0 Å². The van der Waals surface area contributed by atoms with E-state index in [4.69, 9.17) is 0 Å². The van der Waals surface area contributed by atoms with Crippen LogP contribution in [0.3, 0.4) is 0 Å². The van der Waals surface area contributed by atoms with Gasteiger partial charge in [0.1, 0.15) is 0 Å². The maximum absolute atomic E-state index is 4.27. The lowest BCUT2D eigenvalue weighted by atomic mass is 9.76. The number of nitrogens with one attached hydrogen (secondary N) is 1. The number of aryl methyl sites for hydroxylation is 1. The number of tetrazole rings is 1. The summed E-state index contributed by atoms with van der Waals surface area (Å²) in [6, 6.07) is 0. The Kier molecular flexibility index (Phi) is 5.05. The molecule has 0 aromatic carbocycles. The second-order valence-electron chi connectivity index (χ2n) is 5.36. The maximum atomic E-state index is 4.27. The van der Waals surface area contributed by atoms with Gasteiger partial charge in [-0.3, -0.25) is 0 Å². The van der Waals surface area contributed by atoms with Crippen molar-refractivity contribution in [2.24, 2.45) is 18.4 Å². The van der Waals surface area contributed by atoms with Gasteiger partial charge in [0, 0.05) is 13.0 Å². The van der Waals surface area contributed by atoms with E-state index in [1.165, 1.54) is 4.80 Å². The molecule has 0 aliphatic rings. The van der Waals surface area contributed by atoms with Crippen molar-refractivity contribution >= 4 is 0 Å². The first-order valence-corrected chi connectivity index (χ1v) is 6.41. The van der Waals surface area contributed by atoms with Crippen LogP contribution < -0.4 is 5.32 Å². The Balaban J connectivity index is 2.64. The lowest BCUT2D eigenvalue weighted by molar-refractivity contribution is 0.203. The Morgan fingerprint density at radius 3 is 2.59 bits per heavy atom. The average molecular weight is 239 g/mol. The SMILES string of the molecule is CCCNCC(C)(Cc1nnn(C)n1)C(C)C. The standard InChI is InChI=1S/C12H25N5/c1-6-7-13-9-12(4,10(2)3)8-11-14-16-17(5)15-11/h10,13H,6-9H2,1-5H3. The van der Waals surface area contributed by atoms with E-state index in [0.717, 1.165) is 31.8 Å². The van der Waals surface area contributed by atoms with Crippen molar-refractivity contribution in [1.29, 1.82) is 0 Å². The molecule has 0 aliphatic carbocycles. The van der Waals surface area contributed by atoms with E-state index in [9.17, 15) is 0 Å². The van der Waals surface area contributed by atoms with E-state index >= 15 is 0 Å². The van der Waals surface area contributed by atoms with Crippen molar-refractivity contribution in [3.63, 3.8) is 0 Å². The minimum Gasteiger partial charge on any atom is -0.316 e. The van der Waals surface area contributed by atoms with E-state index in [2.05, 4.69) is 48.4 Å². The first kappa shape index (κ1) is 14.1. The molecule has 98 valence electrons. The number of hydrogen-bond donors (Lipinski definition) is 1. The fourth-order valence-corrected chi connectivity index (χ4v) is 1.78. The van der Waals surface area contributed by atoms with Crippen LogP contribution in [0.2, 0.25) is 0 Å². The van der Waals surface area contributed by atoms with Crippen molar-refractivity contribution in [3.05, 3.63) is 5.82 Å². The summed E-state index contributed by atoms with van der Waals surface area (Å²) in [5.74, 6) is 1.41. The van der Waals surface area contributed by atoms with Crippen LogP contribution in [0, 0.1) is 11.3 Å². The van der Waals surface area contributed by atoms with E-state index in [0.29, 0.717) is 5.92 Å². The van der Waals surface area contributed by atoms with Crippen molar-refractivity contribution in [2.75, 3.05) is 13.1 Å². The molecule has 1 aromatic heterocycles. The Bertz CT molecular complexity index is 333. The summed E-state index contributed by atoms with van der Waals surface area (Å²) in [7, 11) is 1.80. The lowest BCUT2D eigenvalue weighted by Crippen LogP contribution is -2.38. The average Bonchev–Trinajstić information content (AvgIpc) is 2.64. The van der Waals surface area contributed by atoms with Gasteiger partial charge in [-0.2, -0.15) is 4.80 Å². The van der Waals surface area contributed by atoms with Crippen LogP contribution in [0.4, 0.5) is 0 Å². The Hall–Kier alpha value is -0.970. The molecule has 0 aliphatic heterocycles. The molecule has 5 nitrogen and oxygen atoms in total. The maximum Gasteiger partial charge on any atom is 0.175 e. The van der Waals surface area contributed by atoms with Crippen LogP contribution in [0.25, 0.3) is 0 Å². The van der Waals surface area contributed by atoms with Gasteiger partial charge < -0.3 is 5.32 Å². The summed E-state index contributed by atoms with van der Waals surface area (Å²) >= 11 is 0. The lowest BCUT2D eigenvalue weighted by Gasteiger charge is -2.33. The van der Waals surface area contributed by atoms with E-state index < -0.39 is 0 Å². The molecule has 0 amide bonds. The topological polar surface area (TPSA) is 55.6 Å². The third-order valence-electron chi connectivity index (χ3n) is 3.46. The third-order valence-corrected chi connectivity index (χ3v) is 3.46. The van der Waals surface area contributed by atoms with Crippen LogP contribution in [0.5, 0.6) is 0 Å². The fourth-order valence-electron chi connectivity index (χ4n) is 1.78. The van der Waals surface area contributed by atoms with Gasteiger partial charge in [-0.25, -0.2) is 0 Å². The number of nitrogens with zero attached hydrogens (tertiary/aromatic N) is 4. The Morgan fingerprint density at radius 1 is 1.41 bits per heavy atom. The van der Waals surface area contributed by atoms with Crippen LogP contribution in [0.1, 0.15) is 39.9 Å². The van der Waals surface area contributed by atoms with Gasteiger partial charge in [0.05, 0.1) is 7.05 Å². The normalized spacial score (nSPS) is 15.2. The molecule has 0 saturated heterocycles. The van der Waals surface area contributed by atoms with Gasteiger partial charge in [-0.05, 0) is 29.5 Å². The second-order valence-corrected chi connectivity index (χ2v) is 5.36. The minimum atomic E-state index is 0.179. The van der Waals surface area contributed by atoms with Crippen LogP contribution in [-0.2, 0) is 13.5 Å². The predicted octanol–water partition coefficient (Wildman–Crippen LogP) is 1.41. The van der Waals surface area contributed by atoms with Crippen molar-refractivity contribution < 1.29 is 0 Å². The monoisotopic (exact) mass is 239 g/mol. The molecule has 1 unspecified atom stereocenters. The largest absolute Gasteiger partial charge is 0.316 e. The summed E-state index contributed by atoms with van der Waals surface area (Å²) < 4.78 is 0. The summed E-state index contributed by atoms with van der Waals surface area (Å²) in [5, 5.41) is 15.8. The van der Waals surface area contributed by atoms with E-state index in [1.54, 1.807) is 7.05 Å². The van der Waals surface area contributed by atoms with E-state index in [-0.39, 0.29) is 5.41 Å². The Labute approximate surface area is 104 Å². The zero-order valence-corrected chi connectivity index (χ0v) is 11.7. The zero-order chi connectivity index (χ0) is 12.9. The summed E-state index contributed by atoms with van der Waals surface area (Å²) in [5.41, 5.74) is 0.179. The quantitative estimate of drug-likeness (QED) is 0.731. The number of hydrogen-bond acceptors (Lipinski definition) is 4. The van der Waals surface area contributed by atoms with Crippen LogP contribution in [0.15, 0.2) is 0 Å². The summed E-state index contributed by atoms with van der Waals surface area (Å²) in [6.45, 7) is 11.0.